The molecule has 0 amide bonds. The first kappa shape index (κ1) is 20.6. The van der Waals surface area contributed by atoms with E-state index < -0.39 is 0 Å². The number of benzene rings is 2. The van der Waals surface area contributed by atoms with Gasteiger partial charge in [-0.15, -0.1) is 0 Å². The van der Waals surface area contributed by atoms with Crippen molar-refractivity contribution in [2.75, 3.05) is 33.3 Å². The molecule has 0 radical (unpaired) electrons. The number of halogens is 1. The third-order valence-electron chi connectivity index (χ3n) is 4.34. The number of methoxy groups -OCH3 is 1. The Morgan fingerprint density at radius 2 is 1.81 bits per heavy atom. The lowest BCUT2D eigenvalue weighted by molar-refractivity contribution is 0.284. The summed E-state index contributed by atoms with van der Waals surface area (Å²) in [6.45, 7) is 9.86. The van der Waals surface area contributed by atoms with Gasteiger partial charge in [0.15, 0.2) is 11.5 Å². The molecular formula is C21H29ClN2O2. The van der Waals surface area contributed by atoms with Crippen LogP contribution in [-0.4, -0.2) is 38.2 Å². The monoisotopic (exact) mass is 376 g/mol. The number of hydrogen-bond donors (Lipinski definition) is 1. The molecule has 0 aliphatic rings. The smallest absolute Gasteiger partial charge is 0.161 e. The largest absolute Gasteiger partial charge is 0.493 e. The van der Waals surface area contributed by atoms with E-state index in [1.807, 2.05) is 36.4 Å². The van der Waals surface area contributed by atoms with Gasteiger partial charge in [0.25, 0.3) is 0 Å². The summed E-state index contributed by atoms with van der Waals surface area (Å²) >= 11 is 6.01. The second kappa shape index (κ2) is 11.1. The number of ether oxygens (including phenoxy) is 2. The first-order valence-corrected chi connectivity index (χ1v) is 9.51. The Balaban J connectivity index is 1.88. The molecule has 0 heterocycles. The van der Waals surface area contributed by atoms with Gasteiger partial charge in [0.2, 0.25) is 0 Å². The molecule has 1 N–H and O–H groups in total. The molecule has 0 spiro atoms. The van der Waals surface area contributed by atoms with Crippen LogP contribution < -0.4 is 14.8 Å². The van der Waals surface area contributed by atoms with E-state index in [0.717, 1.165) is 49.8 Å². The lowest BCUT2D eigenvalue weighted by atomic mass is 10.2. The number of likely N-dealkylation sites (N-methyl/N-ethyl adjacent to an activating group) is 1. The predicted molar refractivity (Wildman–Crippen MR) is 108 cm³/mol. The van der Waals surface area contributed by atoms with E-state index in [0.29, 0.717) is 11.6 Å². The molecular weight excluding hydrogens is 348 g/mol. The average Bonchev–Trinajstić information content (AvgIpc) is 2.67. The van der Waals surface area contributed by atoms with Gasteiger partial charge in [-0.05, 0) is 48.5 Å². The molecule has 0 saturated heterocycles. The highest BCUT2D eigenvalue weighted by Crippen LogP contribution is 2.29. The Kier molecular flexibility index (Phi) is 8.75. The first-order chi connectivity index (χ1) is 12.7. The van der Waals surface area contributed by atoms with Gasteiger partial charge in [0.1, 0.15) is 6.61 Å². The molecule has 0 bridgehead atoms. The number of hydrogen-bond acceptors (Lipinski definition) is 4. The maximum Gasteiger partial charge on any atom is 0.161 e. The minimum atomic E-state index is 0.457. The van der Waals surface area contributed by atoms with Crippen LogP contribution in [0.25, 0.3) is 0 Å². The van der Waals surface area contributed by atoms with Gasteiger partial charge in [-0.3, -0.25) is 0 Å². The van der Waals surface area contributed by atoms with Gasteiger partial charge in [-0.25, -0.2) is 0 Å². The maximum absolute atomic E-state index is 6.01. The van der Waals surface area contributed by atoms with Crippen molar-refractivity contribution in [1.29, 1.82) is 0 Å². The van der Waals surface area contributed by atoms with Crippen molar-refractivity contribution in [1.82, 2.24) is 10.2 Å². The molecule has 142 valence electrons. The molecule has 26 heavy (non-hydrogen) atoms. The second-order valence-electron chi connectivity index (χ2n) is 6.11. The molecule has 0 unspecified atom stereocenters. The Hall–Kier alpha value is -1.75. The molecule has 2 rings (SSSR count). The summed E-state index contributed by atoms with van der Waals surface area (Å²) < 4.78 is 11.4. The Morgan fingerprint density at radius 1 is 1.00 bits per heavy atom. The van der Waals surface area contributed by atoms with Gasteiger partial charge >= 0.3 is 0 Å². The average molecular weight is 377 g/mol. The van der Waals surface area contributed by atoms with Crippen LogP contribution in [0.4, 0.5) is 0 Å². The van der Waals surface area contributed by atoms with Crippen molar-refractivity contribution in [3.8, 4) is 11.5 Å². The molecule has 0 aromatic heterocycles. The zero-order valence-corrected chi connectivity index (χ0v) is 16.7. The van der Waals surface area contributed by atoms with Crippen molar-refractivity contribution in [2.45, 2.75) is 27.0 Å². The van der Waals surface area contributed by atoms with Crippen molar-refractivity contribution in [3.63, 3.8) is 0 Å². The van der Waals surface area contributed by atoms with E-state index in [2.05, 4.69) is 30.1 Å². The minimum absolute atomic E-state index is 0.457. The molecule has 0 fully saturated rings. The van der Waals surface area contributed by atoms with Crippen LogP contribution in [0.1, 0.15) is 25.0 Å². The third kappa shape index (κ3) is 6.52. The molecule has 0 aliphatic heterocycles. The molecule has 0 atom stereocenters. The van der Waals surface area contributed by atoms with Gasteiger partial charge in [-0.1, -0.05) is 43.6 Å². The highest BCUT2D eigenvalue weighted by atomic mass is 35.5. The standard InChI is InChI=1S/C21H29ClN2O2/c1-4-24(5-2)12-11-23-15-17-9-10-20(21(14-17)25-3)26-16-18-7-6-8-19(22)13-18/h6-10,13-14,23H,4-5,11-12,15-16H2,1-3H3. The molecule has 4 nitrogen and oxygen atoms in total. The van der Waals surface area contributed by atoms with Crippen molar-refractivity contribution >= 4 is 11.6 Å². The molecule has 2 aromatic carbocycles. The molecule has 2 aromatic rings. The fraction of sp³-hybridized carbons (Fsp3) is 0.429. The Morgan fingerprint density at radius 3 is 2.50 bits per heavy atom. The topological polar surface area (TPSA) is 33.7 Å². The van der Waals surface area contributed by atoms with Crippen LogP contribution >= 0.6 is 11.6 Å². The van der Waals surface area contributed by atoms with E-state index in [1.165, 1.54) is 5.56 Å². The van der Waals surface area contributed by atoms with Crippen LogP contribution in [-0.2, 0) is 13.2 Å². The number of rotatable bonds is 11. The molecule has 5 heteroatoms. The maximum atomic E-state index is 6.01. The minimum Gasteiger partial charge on any atom is -0.493 e. The quantitative estimate of drug-likeness (QED) is 0.591. The van der Waals surface area contributed by atoms with Crippen molar-refractivity contribution in [2.24, 2.45) is 0 Å². The van der Waals surface area contributed by atoms with Crippen molar-refractivity contribution < 1.29 is 9.47 Å². The van der Waals surface area contributed by atoms with Crippen LogP contribution in [0.5, 0.6) is 11.5 Å². The summed E-state index contributed by atoms with van der Waals surface area (Å²) in [7, 11) is 1.67. The van der Waals surface area contributed by atoms with Gasteiger partial charge in [0.05, 0.1) is 7.11 Å². The van der Waals surface area contributed by atoms with Crippen LogP contribution in [0, 0.1) is 0 Å². The number of nitrogens with one attached hydrogen (secondary N) is 1. The fourth-order valence-electron chi connectivity index (χ4n) is 2.74. The van der Waals surface area contributed by atoms with Crippen LogP contribution in [0.2, 0.25) is 5.02 Å². The second-order valence-corrected chi connectivity index (χ2v) is 6.54. The van der Waals surface area contributed by atoms with Gasteiger partial charge < -0.3 is 19.7 Å². The lowest BCUT2D eigenvalue weighted by Gasteiger charge is -2.18. The molecule has 0 saturated carbocycles. The zero-order valence-electron chi connectivity index (χ0n) is 15.9. The van der Waals surface area contributed by atoms with Gasteiger partial charge in [0, 0.05) is 24.7 Å². The van der Waals surface area contributed by atoms with Crippen LogP contribution in [0.15, 0.2) is 42.5 Å². The SMILES string of the molecule is CCN(CC)CCNCc1ccc(OCc2cccc(Cl)c2)c(OC)c1. The first-order valence-electron chi connectivity index (χ1n) is 9.13. The summed E-state index contributed by atoms with van der Waals surface area (Å²) in [5.41, 5.74) is 2.21. The lowest BCUT2D eigenvalue weighted by Crippen LogP contribution is -2.31. The van der Waals surface area contributed by atoms with Gasteiger partial charge in [-0.2, -0.15) is 0 Å². The normalized spacial score (nSPS) is 11.0. The zero-order chi connectivity index (χ0) is 18.8. The van der Waals surface area contributed by atoms with E-state index >= 15 is 0 Å². The summed E-state index contributed by atoms with van der Waals surface area (Å²) in [6.07, 6.45) is 0. The van der Waals surface area contributed by atoms with Crippen molar-refractivity contribution in [3.05, 3.63) is 58.6 Å². The summed E-state index contributed by atoms with van der Waals surface area (Å²) in [6, 6.07) is 13.7. The van der Waals surface area contributed by atoms with E-state index in [-0.39, 0.29) is 0 Å². The van der Waals surface area contributed by atoms with Crippen LogP contribution in [0.3, 0.4) is 0 Å². The third-order valence-corrected chi connectivity index (χ3v) is 4.57. The highest BCUT2D eigenvalue weighted by Gasteiger charge is 2.07. The summed E-state index contributed by atoms with van der Waals surface area (Å²) in [5, 5.41) is 4.20. The van der Waals surface area contributed by atoms with E-state index in [1.54, 1.807) is 7.11 Å². The molecule has 0 aliphatic carbocycles. The van der Waals surface area contributed by atoms with E-state index in [4.69, 9.17) is 21.1 Å². The Labute approximate surface area is 162 Å². The summed E-state index contributed by atoms with van der Waals surface area (Å²) in [5.74, 6) is 1.48. The Bertz CT molecular complexity index is 675. The summed E-state index contributed by atoms with van der Waals surface area (Å²) in [4.78, 5) is 2.40. The van der Waals surface area contributed by atoms with E-state index in [9.17, 15) is 0 Å². The fourth-order valence-corrected chi connectivity index (χ4v) is 2.95. The number of nitrogens with zero attached hydrogens (tertiary/aromatic N) is 1. The predicted octanol–water partition coefficient (Wildman–Crippen LogP) is 4.36. The highest BCUT2D eigenvalue weighted by molar-refractivity contribution is 6.30.